The van der Waals surface area contributed by atoms with Crippen molar-refractivity contribution in [2.24, 2.45) is 10.9 Å². The smallest absolute Gasteiger partial charge is 0.193 e. The van der Waals surface area contributed by atoms with Crippen molar-refractivity contribution < 1.29 is 4.74 Å². The van der Waals surface area contributed by atoms with Crippen molar-refractivity contribution >= 4 is 11.6 Å². The minimum atomic E-state index is 0.594. The zero-order valence-corrected chi connectivity index (χ0v) is 16.6. The Morgan fingerprint density at radius 2 is 1.93 bits per heavy atom. The molecule has 1 unspecified atom stereocenters. The maximum Gasteiger partial charge on any atom is 0.193 e. The topological polar surface area (TPSA) is 40.1 Å². The van der Waals surface area contributed by atoms with Gasteiger partial charge in [0.25, 0.3) is 0 Å². The van der Waals surface area contributed by atoms with Crippen LogP contribution in [0.5, 0.6) is 5.75 Å². The molecule has 1 fully saturated rings. The molecule has 0 spiro atoms. The summed E-state index contributed by atoms with van der Waals surface area (Å²) in [5, 5.41) is 3.55. The summed E-state index contributed by atoms with van der Waals surface area (Å²) >= 11 is 0. The highest BCUT2D eigenvalue weighted by Crippen LogP contribution is 2.31. The number of guanidine groups is 1. The lowest BCUT2D eigenvalue weighted by atomic mass is 10.1. The van der Waals surface area contributed by atoms with Crippen LogP contribution in [0, 0.1) is 5.92 Å². The molecule has 2 aromatic rings. The zero-order chi connectivity index (χ0) is 19.1. The van der Waals surface area contributed by atoms with E-state index in [-0.39, 0.29) is 0 Å². The second-order valence-corrected chi connectivity index (χ2v) is 7.04. The molecule has 0 aliphatic carbocycles. The highest BCUT2D eigenvalue weighted by molar-refractivity contribution is 5.79. The van der Waals surface area contributed by atoms with E-state index in [9.17, 15) is 0 Å². The van der Waals surface area contributed by atoms with Crippen LogP contribution in [0.4, 0.5) is 5.69 Å². The molecular weight excluding hydrogens is 336 g/mol. The number of ether oxygens (including phenoxy) is 1. The van der Waals surface area contributed by atoms with Gasteiger partial charge in [-0.1, -0.05) is 42.5 Å². The Hall–Kier alpha value is -2.69. The van der Waals surface area contributed by atoms with Crippen LogP contribution in [0.3, 0.4) is 0 Å². The van der Waals surface area contributed by atoms with Gasteiger partial charge in [-0.15, -0.1) is 0 Å². The van der Waals surface area contributed by atoms with Gasteiger partial charge in [0, 0.05) is 40.3 Å². The summed E-state index contributed by atoms with van der Waals surface area (Å²) in [5.41, 5.74) is 2.47. The predicted molar refractivity (Wildman–Crippen MR) is 113 cm³/mol. The second kappa shape index (κ2) is 9.31. The molecule has 27 heavy (non-hydrogen) atoms. The summed E-state index contributed by atoms with van der Waals surface area (Å²) in [5.74, 6) is 2.48. The molecule has 5 nitrogen and oxygen atoms in total. The van der Waals surface area contributed by atoms with Gasteiger partial charge in [-0.25, -0.2) is 0 Å². The van der Waals surface area contributed by atoms with E-state index in [0.717, 1.165) is 37.9 Å². The van der Waals surface area contributed by atoms with Gasteiger partial charge >= 0.3 is 0 Å². The summed E-state index contributed by atoms with van der Waals surface area (Å²) in [6, 6.07) is 18.7. The number of aliphatic imine (C=N–C) groups is 1. The first-order valence-electron chi connectivity index (χ1n) is 9.55. The number of benzene rings is 2. The molecule has 0 aromatic heterocycles. The van der Waals surface area contributed by atoms with Gasteiger partial charge in [-0.3, -0.25) is 4.99 Å². The van der Waals surface area contributed by atoms with Crippen molar-refractivity contribution in [2.45, 2.75) is 13.0 Å². The lowest BCUT2D eigenvalue weighted by Gasteiger charge is -2.24. The number of rotatable bonds is 6. The minimum absolute atomic E-state index is 0.594. The second-order valence-electron chi connectivity index (χ2n) is 7.04. The predicted octanol–water partition coefficient (Wildman–Crippen LogP) is 3.23. The Balaban J connectivity index is 1.52. The molecule has 2 aromatic carbocycles. The average molecular weight is 367 g/mol. The molecule has 1 atom stereocenters. The minimum Gasteiger partial charge on any atom is -0.495 e. The number of para-hydroxylation sites is 2. The first-order valence-corrected chi connectivity index (χ1v) is 9.55. The van der Waals surface area contributed by atoms with Crippen molar-refractivity contribution in [1.29, 1.82) is 0 Å². The number of anilines is 1. The third-order valence-corrected chi connectivity index (χ3v) is 5.10. The summed E-state index contributed by atoms with van der Waals surface area (Å²) in [6.07, 6.45) is 1.17. The molecule has 0 radical (unpaired) electrons. The van der Waals surface area contributed by atoms with Crippen LogP contribution >= 0.6 is 0 Å². The van der Waals surface area contributed by atoms with Gasteiger partial charge in [0.2, 0.25) is 0 Å². The van der Waals surface area contributed by atoms with Gasteiger partial charge in [0.05, 0.1) is 12.8 Å². The number of hydrogen-bond acceptors (Lipinski definition) is 3. The van der Waals surface area contributed by atoms with Gasteiger partial charge < -0.3 is 19.9 Å². The third-order valence-electron chi connectivity index (χ3n) is 5.10. The number of nitrogens with one attached hydrogen (secondary N) is 1. The fourth-order valence-corrected chi connectivity index (χ4v) is 3.66. The maximum atomic E-state index is 5.51. The van der Waals surface area contributed by atoms with Crippen LogP contribution in [0.1, 0.15) is 12.0 Å². The largest absolute Gasteiger partial charge is 0.495 e. The SMILES string of the molecule is CN=C(NCC1CCN(c2ccccc2OC)C1)N(C)Cc1ccccc1. The number of hydrogen-bond donors (Lipinski definition) is 1. The highest BCUT2D eigenvalue weighted by Gasteiger charge is 2.24. The van der Waals surface area contributed by atoms with Crippen LogP contribution in [0.2, 0.25) is 0 Å². The molecular formula is C22H30N4O. The summed E-state index contributed by atoms with van der Waals surface area (Å²) in [7, 11) is 5.66. The summed E-state index contributed by atoms with van der Waals surface area (Å²) in [4.78, 5) is 9.03. The maximum absolute atomic E-state index is 5.51. The first-order chi connectivity index (χ1) is 13.2. The standard InChI is InChI=1S/C22H30N4O/c1-23-22(25(2)16-18-9-5-4-6-10-18)24-15-19-13-14-26(17-19)20-11-7-8-12-21(20)27-3/h4-12,19H,13-17H2,1-3H3,(H,23,24). The highest BCUT2D eigenvalue weighted by atomic mass is 16.5. The lowest BCUT2D eigenvalue weighted by Crippen LogP contribution is -2.41. The molecule has 0 amide bonds. The summed E-state index contributed by atoms with van der Waals surface area (Å²) in [6.45, 7) is 3.87. The lowest BCUT2D eigenvalue weighted by molar-refractivity contribution is 0.414. The Labute approximate surface area is 162 Å². The van der Waals surface area contributed by atoms with Crippen LogP contribution < -0.4 is 15.0 Å². The van der Waals surface area contributed by atoms with Crippen molar-refractivity contribution in [3.05, 3.63) is 60.2 Å². The van der Waals surface area contributed by atoms with E-state index in [2.05, 4.69) is 63.6 Å². The molecule has 1 heterocycles. The van der Waals surface area contributed by atoms with E-state index in [1.165, 1.54) is 17.7 Å². The molecule has 1 aliphatic rings. The fourth-order valence-electron chi connectivity index (χ4n) is 3.66. The van der Waals surface area contributed by atoms with Gasteiger partial charge in [-0.2, -0.15) is 0 Å². The van der Waals surface area contributed by atoms with Crippen LogP contribution in [-0.2, 0) is 6.54 Å². The molecule has 0 bridgehead atoms. The van der Waals surface area contributed by atoms with Crippen molar-refractivity contribution in [3.63, 3.8) is 0 Å². The molecule has 144 valence electrons. The monoisotopic (exact) mass is 366 g/mol. The molecule has 1 aliphatic heterocycles. The molecule has 0 saturated carbocycles. The van der Waals surface area contributed by atoms with E-state index in [1.54, 1.807) is 7.11 Å². The van der Waals surface area contributed by atoms with E-state index in [1.807, 2.05) is 25.2 Å². The quantitative estimate of drug-likeness (QED) is 0.629. The van der Waals surface area contributed by atoms with E-state index >= 15 is 0 Å². The van der Waals surface area contributed by atoms with Gasteiger partial charge in [0.15, 0.2) is 5.96 Å². The van der Waals surface area contributed by atoms with E-state index in [4.69, 9.17) is 4.74 Å². The first kappa shape index (κ1) is 19.1. The fraction of sp³-hybridized carbons (Fsp3) is 0.409. The van der Waals surface area contributed by atoms with E-state index < -0.39 is 0 Å². The molecule has 3 rings (SSSR count). The number of nitrogens with zero attached hydrogens (tertiary/aromatic N) is 3. The van der Waals surface area contributed by atoms with Gasteiger partial charge in [-0.05, 0) is 30.0 Å². The Morgan fingerprint density at radius 3 is 2.67 bits per heavy atom. The third kappa shape index (κ3) is 4.94. The van der Waals surface area contributed by atoms with Crippen molar-refractivity contribution in [3.8, 4) is 5.75 Å². The van der Waals surface area contributed by atoms with Crippen LogP contribution in [0.15, 0.2) is 59.6 Å². The van der Waals surface area contributed by atoms with Crippen LogP contribution in [-0.4, -0.2) is 51.7 Å². The summed E-state index contributed by atoms with van der Waals surface area (Å²) < 4.78 is 5.51. The van der Waals surface area contributed by atoms with E-state index in [0.29, 0.717) is 5.92 Å². The molecule has 5 heteroatoms. The average Bonchev–Trinajstić information content (AvgIpc) is 3.18. The molecule has 1 saturated heterocycles. The molecule has 1 N–H and O–H groups in total. The normalized spacial score (nSPS) is 17.1. The van der Waals surface area contributed by atoms with Gasteiger partial charge in [0.1, 0.15) is 5.75 Å². The Kier molecular flexibility index (Phi) is 6.58. The van der Waals surface area contributed by atoms with Crippen molar-refractivity contribution in [1.82, 2.24) is 10.2 Å². The number of methoxy groups -OCH3 is 1. The Bertz CT molecular complexity index is 747. The zero-order valence-electron chi connectivity index (χ0n) is 16.6. The van der Waals surface area contributed by atoms with Crippen molar-refractivity contribution in [2.75, 3.05) is 45.7 Å². The Morgan fingerprint density at radius 1 is 1.19 bits per heavy atom. The van der Waals surface area contributed by atoms with Crippen LogP contribution in [0.25, 0.3) is 0 Å².